The molecule has 2 saturated heterocycles. The van der Waals surface area contributed by atoms with Gasteiger partial charge < -0.3 is 10.2 Å². The number of likely N-dealkylation sites (tertiary alicyclic amines) is 1. The van der Waals surface area contributed by atoms with E-state index in [9.17, 15) is 0 Å². The number of rotatable bonds is 0. The van der Waals surface area contributed by atoms with Crippen molar-refractivity contribution in [1.82, 2.24) is 10.2 Å². The predicted molar refractivity (Wildman–Crippen MR) is 37.3 cm³/mol. The minimum atomic E-state index is 0.968. The molecule has 0 aromatic heterocycles. The minimum Gasteiger partial charge on any atom is -0.316 e. The van der Waals surface area contributed by atoms with E-state index in [0.29, 0.717) is 0 Å². The first-order valence-corrected chi connectivity index (χ1v) is 3.75. The van der Waals surface area contributed by atoms with Crippen molar-refractivity contribution in [1.29, 1.82) is 0 Å². The van der Waals surface area contributed by atoms with Gasteiger partial charge in [0, 0.05) is 13.1 Å². The fraction of sp³-hybridized carbons (Fsp3) is 1.00. The maximum atomic E-state index is 3.42. The molecule has 0 radical (unpaired) electrons. The zero-order valence-corrected chi connectivity index (χ0v) is 5.93. The van der Waals surface area contributed by atoms with E-state index >= 15 is 0 Å². The molecular weight excluding hydrogens is 112 g/mol. The van der Waals surface area contributed by atoms with Crippen LogP contribution in [0.25, 0.3) is 0 Å². The first-order valence-electron chi connectivity index (χ1n) is 3.75. The summed E-state index contributed by atoms with van der Waals surface area (Å²) in [6.07, 6.45) is 0. The van der Waals surface area contributed by atoms with Gasteiger partial charge in [-0.3, -0.25) is 0 Å². The SMILES string of the molecule is CN1C[C@H]2CNC[C@@H]2C1. The molecule has 0 amide bonds. The van der Waals surface area contributed by atoms with Crippen LogP contribution in [0.15, 0.2) is 0 Å². The Morgan fingerprint density at radius 1 is 1.22 bits per heavy atom. The summed E-state index contributed by atoms with van der Waals surface area (Å²) in [6.45, 7) is 5.15. The molecule has 2 aliphatic heterocycles. The zero-order chi connectivity index (χ0) is 6.27. The predicted octanol–water partition coefficient (Wildman–Crippen LogP) is -0.233. The maximum Gasteiger partial charge on any atom is 0.00225 e. The molecule has 0 unspecified atom stereocenters. The fourth-order valence-corrected chi connectivity index (χ4v) is 2.09. The van der Waals surface area contributed by atoms with Gasteiger partial charge in [0.15, 0.2) is 0 Å². The number of fused-ring (bicyclic) bond motifs is 1. The lowest BCUT2D eigenvalue weighted by Gasteiger charge is -2.07. The summed E-state index contributed by atoms with van der Waals surface area (Å²) in [5.41, 5.74) is 0. The average Bonchev–Trinajstić information content (AvgIpc) is 2.22. The summed E-state index contributed by atoms with van der Waals surface area (Å²) in [5.74, 6) is 1.94. The van der Waals surface area contributed by atoms with Gasteiger partial charge in [0.2, 0.25) is 0 Å². The van der Waals surface area contributed by atoms with E-state index in [1.54, 1.807) is 0 Å². The van der Waals surface area contributed by atoms with Gasteiger partial charge in [0.1, 0.15) is 0 Å². The lowest BCUT2D eigenvalue weighted by Crippen LogP contribution is -2.21. The van der Waals surface area contributed by atoms with E-state index in [0.717, 1.165) is 11.8 Å². The second kappa shape index (κ2) is 1.96. The summed E-state index contributed by atoms with van der Waals surface area (Å²) in [6, 6.07) is 0. The molecule has 0 aliphatic carbocycles. The fourth-order valence-electron chi connectivity index (χ4n) is 2.09. The molecule has 2 nitrogen and oxygen atoms in total. The van der Waals surface area contributed by atoms with Crippen LogP contribution < -0.4 is 5.32 Å². The second-order valence-electron chi connectivity index (χ2n) is 3.40. The van der Waals surface area contributed by atoms with Gasteiger partial charge in [-0.25, -0.2) is 0 Å². The van der Waals surface area contributed by atoms with Crippen molar-refractivity contribution in [2.24, 2.45) is 11.8 Å². The number of nitrogens with zero attached hydrogens (tertiary/aromatic N) is 1. The largest absolute Gasteiger partial charge is 0.316 e. The van der Waals surface area contributed by atoms with Gasteiger partial charge in [-0.05, 0) is 32.0 Å². The third-order valence-corrected chi connectivity index (χ3v) is 2.57. The molecule has 0 spiro atoms. The molecule has 2 atom stereocenters. The lowest BCUT2D eigenvalue weighted by molar-refractivity contribution is 0.382. The summed E-state index contributed by atoms with van der Waals surface area (Å²) in [4.78, 5) is 2.44. The molecule has 0 saturated carbocycles. The summed E-state index contributed by atoms with van der Waals surface area (Å²) in [5, 5.41) is 3.42. The first-order chi connectivity index (χ1) is 4.36. The molecule has 2 aliphatic rings. The second-order valence-corrected chi connectivity index (χ2v) is 3.40. The molecule has 2 fully saturated rings. The average molecular weight is 126 g/mol. The van der Waals surface area contributed by atoms with Crippen molar-refractivity contribution < 1.29 is 0 Å². The monoisotopic (exact) mass is 126 g/mol. The van der Waals surface area contributed by atoms with Gasteiger partial charge in [-0.15, -0.1) is 0 Å². The van der Waals surface area contributed by atoms with Gasteiger partial charge in [0.05, 0.1) is 0 Å². The number of hydrogen-bond acceptors (Lipinski definition) is 2. The van der Waals surface area contributed by atoms with E-state index in [1.807, 2.05) is 0 Å². The van der Waals surface area contributed by atoms with Crippen LogP contribution in [0.3, 0.4) is 0 Å². The maximum absolute atomic E-state index is 3.42. The van der Waals surface area contributed by atoms with Crippen LogP contribution in [0.2, 0.25) is 0 Å². The Labute approximate surface area is 56.2 Å². The third-order valence-electron chi connectivity index (χ3n) is 2.57. The highest BCUT2D eigenvalue weighted by molar-refractivity contribution is 4.89. The van der Waals surface area contributed by atoms with E-state index in [2.05, 4.69) is 17.3 Å². The van der Waals surface area contributed by atoms with Crippen molar-refractivity contribution in [3.05, 3.63) is 0 Å². The van der Waals surface area contributed by atoms with Crippen LogP contribution in [-0.4, -0.2) is 38.1 Å². The Balaban J connectivity index is 2.02. The van der Waals surface area contributed by atoms with Crippen LogP contribution in [-0.2, 0) is 0 Å². The lowest BCUT2D eigenvalue weighted by atomic mass is 10.0. The topological polar surface area (TPSA) is 15.3 Å². The summed E-state index contributed by atoms with van der Waals surface area (Å²) < 4.78 is 0. The molecule has 2 heterocycles. The molecule has 2 rings (SSSR count). The van der Waals surface area contributed by atoms with E-state index in [4.69, 9.17) is 0 Å². The summed E-state index contributed by atoms with van der Waals surface area (Å²) >= 11 is 0. The van der Waals surface area contributed by atoms with Crippen LogP contribution in [0.1, 0.15) is 0 Å². The smallest absolute Gasteiger partial charge is 0.00225 e. The van der Waals surface area contributed by atoms with E-state index in [1.165, 1.54) is 26.2 Å². The molecule has 0 aromatic carbocycles. The Bertz CT molecular complexity index is 101. The van der Waals surface area contributed by atoms with Crippen molar-refractivity contribution >= 4 is 0 Å². The number of nitrogens with one attached hydrogen (secondary N) is 1. The Hall–Kier alpha value is -0.0800. The highest BCUT2D eigenvalue weighted by Gasteiger charge is 2.33. The van der Waals surface area contributed by atoms with Crippen molar-refractivity contribution in [3.8, 4) is 0 Å². The molecule has 1 N–H and O–H groups in total. The molecule has 9 heavy (non-hydrogen) atoms. The highest BCUT2D eigenvalue weighted by Crippen LogP contribution is 2.24. The van der Waals surface area contributed by atoms with Gasteiger partial charge in [-0.1, -0.05) is 0 Å². The standard InChI is InChI=1S/C7H14N2/c1-9-4-6-2-8-3-7(6)5-9/h6-8H,2-5H2,1H3/t6-,7-/m1/s1. The van der Waals surface area contributed by atoms with E-state index in [-0.39, 0.29) is 0 Å². The van der Waals surface area contributed by atoms with Crippen LogP contribution in [0.4, 0.5) is 0 Å². The van der Waals surface area contributed by atoms with Crippen LogP contribution in [0, 0.1) is 11.8 Å². The third kappa shape index (κ3) is 0.864. The Kier molecular flexibility index (Phi) is 1.24. The quantitative estimate of drug-likeness (QED) is 0.482. The molecule has 0 bridgehead atoms. The van der Waals surface area contributed by atoms with Gasteiger partial charge >= 0.3 is 0 Å². The minimum absolute atomic E-state index is 0.968. The van der Waals surface area contributed by atoms with Crippen molar-refractivity contribution in [2.45, 2.75) is 0 Å². The molecule has 2 heteroatoms. The van der Waals surface area contributed by atoms with Crippen molar-refractivity contribution in [2.75, 3.05) is 33.2 Å². The Morgan fingerprint density at radius 2 is 1.78 bits per heavy atom. The molecule has 52 valence electrons. The van der Waals surface area contributed by atoms with Gasteiger partial charge in [-0.2, -0.15) is 0 Å². The van der Waals surface area contributed by atoms with Gasteiger partial charge in [0.25, 0.3) is 0 Å². The van der Waals surface area contributed by atoms with E-state index < -0.39 is 0 Å². The number of hydrogen-bond donors (Lipinski definition) is 1. The van der Waals surface area contributed by atoms with Crippen molar-refractivity contribution in [3.63, 3.8) is 0 Å². The zero-order valence-electron chi connectivity index (χ0n) is 5.93. The summed E-state index contributed by atoms with van der Waals surface area (Å²) in [7, 11) is 2.22. The first kappa shape index (κ1) is 5.69. The molecular formula is C7H14N2. The highest BCUT2D eigenvalue weighted by atomic mass is 15.2. The normalized spacial score (nSPS) is 43.7. The van der Waals surface area contributed by atoms with Crippen LogP contribution >= 0.6 is 0 Å². The van der Waals surface area contributed by atoms with Crippen LogP contribution in [0.5, 0.6) is 0 Å². The molecule has 0 aromatic rings. The Morgan fingerprint density at radius 3 is 2.33 bits per heavy atom.